The van der Waals surface area contributed by atoms with Crippen LogP contribution in [-0.4, -0.2) is 37.2 Å². The molecule has 0 aromatic rings. The molecule has 348 valence electrons. The van der Waals surface area contributed by atoms with Gasteiger partial charge in [-0.2, -0.15) is 0 Å². The van der Waals surface area contributed by atoms with Crippen LogP contribution < -0.4 is 0 Å². The standard InChI is InChI=1S/C54H96O6/c1-4-7-10-13-16-19-22-24-26-27-28-29-31-32-35-38-41-44-47-53(56)59-50-51(49-58-52(55)46-43-40-37-34-21-18-15-12-9-6-3)60-54(57)48-45-42-39-36-33-30-25-23-20-17-14-11-8-5-2/h8,11,17,20,25,28-30,51H,4-7,9-10,12-16,18-19,21-24,26-27,31-50H2,1-3H3/b11-8-,20-17-,29-28-,30-25-. The van der Waals surface area contributed by atoms with E-state index in [4.69, 9.17) is 14.2 Å². The number of carbonyl (C=O) groups is 3. The van der Waals surface area contributed by atoms with Crippen molar-refractivity contribution < 1.29 is 28.6 Å². The van der Waals surface area contributed by atoms with Crippen molar-refractivity contribution in [2.75, 3.05) is 13.2 Å². The Morgan fingerprint density at radius 2 is 0.650 bits per heavy atom. The molecule has 60 heavy (non-hydrogen) atoms. The van der Waals surface area contributed by atoms with Crippen LogP contribution >= 0.6 is 0 Å². The number of rotatable bonds is 46. The predicted molar refractivity (Wildman–Crippen MR) is 256 cm³/mol. The Hall–Kier alpha value is -2.63. The average Bonchev–Trinajstić information content (AvgIpc) is 3.24. The molecule has 0 aliphatic carbocycles. The van der Waals surface area contributed by atoms with Gasteiger partial charge in [-0.1, -0.05) is 211 Å². The third-order valence-corrected chi connectivity index (χ3v) is 11.1. The quantitative estimate of drug-likeness (QED) is 0.0263. The number of unbranched alkanes of at least 4 members (excludes halogenated alkanes) is 27. The largest absolute Gasteiger partial charge is 0.462 e. The Bertz CT molecular complexity index is 1060. The first kappa shape index (κ1) is 57.4. The second-order valence-corrected chi connectivity index (χ2v) is 17.1. The molecule has 0 aliphatic rings. The van der Waals surface area contributed by atoms with Gasteiger partial charge in [-0.25, -0.2) is 0 Å². The molecule has 0 saturated carbocycles. The van der Waals surface area contributed by atoms with Gasteiger partial charge < -0.3 is 14.2 Å². The van der Waals surface area contributed by atoms with E-state index in [0.717, 1.165) is 96.3 Å². The normalized spacial score (nSPS) is 12.4. The Labute approximate surface area is 371 Å². The van der Waals surface area contributed by atoms with E-state index in [-0.39, 0.29) is 31.1 Å². The van der Waals surface area contributed by atoms with Crippen LogP contribution in [0.2, 0.25) is 0 Å². The summed E-state index contributed by atoms with van der Waals surface area (Å²) >= 11 is 0. The fourth-order valence-electron chi connectivity index (χ4n) is 7.22. The minimum Gasteiger partial charge on any atom is -0.462 e. The molecule has 0 saturated heterocycles. The van der Waals surface area contributed by atoms with Crippen molar-refractivity contribution in [2.45, 2.75) is 264 Å². The van der Waals surface area contributed by atoms with Gasteiger partial charge in [0, 0.05) is 19.3 Å². The van der Waals surface area contributed by atoms with Crippen LogP contribution in [0, 0.1) is 0 Å². The van der Waals surface area contributed by atoms with Crippen molar-refractivity contribution in [3.63, 3.8) is 0 Å². The number of allylic oxidation sites excluding steroid dienone is 8. The van der Waals surface area contributed by atoms with Crippen molar-refractivity contribution in [2.24, 2.45) is 0 Å². The molecule has 0 spiro atoms. The number of ether oxygens (including phenoxy) is 3. The number of esters is 3. The average molecular weight is 841 g/mol. The Morgan fingerprint density at radius 1 is 0.350 bits per heavy atom. The third-order valence-electron chi connectivity index (χ3n) is 11.1. The zero-order valence-corrected chi connectivity index (χ0v) is 39.7. The summed E-state index contributed by atoms with van der Waals surface area (Å²) in [4.78, 5) is 37.9. The molecule has 0 radical (unpaired) electrons. The SMILES string of the molecule is CC/C=C\C/C=C\C/C=C\CCCCCCC(=O)OC(COC(=O)CCCCCCC/C=C\CCCCCCCCCCC)COC(=O)CCCCCCCCCCCC. The first-order valence-corrected chi connectivity index (χ1v) is 25.6. The molecule has 0 aromatic heterocycles. The molecular weight excluding hydrogens is 745 g/mol. The predicted octanol–water partition coefficient (Wildman–Crippen LogP) is 16.7. The zero-order valence-electron chi connectivity index (χ0n) is 39.7. The first-order chi connectivity index (χ1) is 29.5. The lowest BCUT2D eigenvalue weighted by molar-refractivity contribution is -0.167. The summed E-state index contributed by atoms with van der Waals surface area (Å²) < 4.78 is 16.7. The monoisotopic (exact) mass is 841 g/mol. The van der Waals surface area contributed by atoms with E-state index in [2.05, 4.69) is 69.4 Å². The lowest BCUT2D eigenvalue weighted by Gasteiger charge is -2.18. The van der Waals surface area contributed by atoms with Crippen LogP contribution in [0.1, 0.15) is 258 Å². The van der Waals surface area contributed by atoms with Crippen LogP contribution in [0.25, 0.3) is 0 Å². The summed E-state index contributed by atoms with van der Waals surface area (Å²) in [7, 11) is 0. The maximum Gasteiger partial charge on any atom is 0.306 e. The van der Waals surface area contributed by atoms with E-state index in [1.54, 1.807) is 0 Å². The molecular formula is C54H96O6. The molecule has 1 atom stereocenters. The highest BCUT2D eigenvalue weighted by molar-refractivity contribution is 5.71. The number of hydrogen-bond acceptors (Lipinski definition) is 6. The second kappa shape index (κ2) is 49.0. The summed E-state index contributed by atoms with van der Waals surface area (Å²) in [5, 5.41) is 0. The highest BCUT2D eigenvalue weighted by atomic mass is 16.6. The topological polar surface area (TPSA) is 78.9 Å². The molecule has 0 rings (SSSR count). The maximum absolute atomic E-state index is 12.8. The zero-order chi connectivity index (χ0) is 43.7. The molecule has 6 heteroatoms. The van der Waals surface area contributed by atoms with Crippen molar-refractivity contribution in [1.82, 2.24) is 0 Å². The van der Waals surface area contributed by atoms with E-state index in [1.807, 2.05) is 0 Å². The fourth-order valence-corrected chi connectivity index (χ4v) is 7.22. The molecule has 0 aromatic carbocycles. The van der Waals surface area contributed by atoms with Crippen LogP contribution in [0.5, 0.6) is 0 Å². The number of carbonyl (C=O) groups excluding carboxylic acids is 3. The smallest absolute Gasteiger partial charge is 0.306 e. The van der Waals surface area contributed by atoms with Gasteiger partial charge in [-0.15, -0.1) is 0 Å². The van der Waals surface area contributed by atoms with E-state index in [1.165, 1.54) is 122 Å². The Balaban J connectivity index is 4.35. The summed E-state index contributed by atoms with van der Waals surface area (Å²) in [6, 6.07) is 0. The van der Waals surface area contributed by atoms with Crippen LogP contribution in [0.3, 0.4) is 0 Å². The molecule has 1 unspecified atom stereocenters. The minimum absolute atomic E-state index is 0.0831. The molecule has 0 heterocycles. The van der Waals surface area contributed by atoms with Crippen LogP contribution in [0.15, 0.2) is 48.6 Å². The van der Waals surface area contributed by atoms with Gasteiger partial charge in [-0.3, -0.25) is 14.4 Å². The van der Waals surface area contributed by atoms with Crippen molar-refractivity contribution in [1.29, 1.82) is 0 Å². The minimum atomic E-state index is -0.784. The first-order valence-electron chi connectivity index (χ1n) is 25.6. The Morgan fingerprint density at radius 3 is 1.03 bits per heavy atom. The highest BCUT2D eigenvalue weighted by Gasteiger charge is 2.19. The van der Waals surface area contributed by atoms with E-state index < -0.39 is 6.10 Å². The van der Waals surface area contributed by atoms with E-state index in [9.17, 15) is 14.4 Å². The number of hydrogen-bond donors (Lipinski definition) is 0. The molecule has 0 fully saturated rings. The molecule has 0 N–H and O–H groups in total. The van der Waals surface area contributed by atoms with Gasteiger partial charge in [0.2, 0.25) is 0 Å². The second-order valence-electron chi connectivity index (χ2n) is 17.1. The van der Waals surface area contributed by atoms with Gasteiger partial charge in [0.15, 0.2) is 6.10 Å². The van der Waals surface area contributed by atoms with Crippen molar-refractivity contribution in [3.8, 4) is 0 Å². The van der Waals surface area contributed by atoms with E-state index >= 15 is 0 Å². The van der Waals surface area contributed by atoms with Gasteiger partial charge in [0.05, 0.1) is 0 Å². The lowest BCUT2D eigenvalue weighted by Crippen LogP contribution is -2.30. The summed E-state index contributed by atoms with van der Waals surface area (Å²) in [5.74, 6) is -0.910. The van der Waals surface area contributed by atoms with Crippen LogP contribution in [0.4, 0.5) is 0 Å². The molecule has 6 nitrogen and oxygen atoms in total. The summed E-state index contributed by atoms with van der Waals surface area (Å²) in [6.07, 6.45) is 58.1. The highest BCUT2D eigenvalue weighted by Crippen LogP contribution is 2.15. The molecule has 0 aliphatic heterocycles. The van der Waals surface area contributed by atoms with Crippen LogP contribution in [-0.2, 0) is 28.6 Å². The van der Waals surface area contributed by atoms with E-state index in [0.29, 0.717) is 19.3 Å². The third kappa shape index (κ3) is 46.4. The van der Waals surface area contributed by atoms with Gasteiger partial charge in [0.25, 0.3) is 0 Å². The summed E-state index contributed by atoms with van der Waals surface area (Å²) in [5.41, 5.74) is 0. The van der Waals surface area contributed by atoms with Crippen molar-refractivity contribution in [3.05, 3.63) is 48.6 Å². The molecule has 0 bridgehead atoms. The van der Waals surface area contributed by atoms with Gasteiger partial charge >= 0.3 is 17.9 Å². The maximum atomic E-state index is 12.8. The summed E-state index contributed by atoms with van der Waals surface area (Å²) in [6.45, 7) is 6.50. The fraction of sp³-hybridized carbons (Fsp3) is 0.796. The lowest BCUT2D eigenvalue weighted by atomic mass is 10.1. The van der Waals surface area contributed by atoms with Gasteiger partial charge in [0.1, 0.15) is 13.2 Å². The van der Waals surface area contributed by atoms with Crippen molar-refractivity contribution >= 4 is 17.9 Å². The van der Waals surface area contributed by atoms with Gasteiger partial charge in [-0.05, 0) is 77.0 Å². The molecule has 0 amide bonds. The Kier molecular flexibility index (Phi) is 46.9.